The number of carbonyl (C=O) groups is 3. The number of hydrogen-bond acceptors (Lipinski definition) is 3. The van der Waals surface area contributed by atoms with E-state index in [1.165, 1.54) is 11.0 Å². The Morgan fingerprint density at radius 2 is 1.70 bits per heavy atom. The van der Waals surface area contributed by atoms with E-state index in [-0.39, 0.29) is 29.8 Å². The van der Waals surface area contributed by atoms with E-state index < -0.39 is 0 Å². The number of nitrogens with zero attached hydrogens (tertiary/aromatic N) is 1. The molecule has 1 N–H and O–H groups in total. The number of fused-ring (bicyclic) bond motifs is 1. The van der Waals surface area contributed by atoms with Crippen molar-refractivity contribution >= 4 is 17.7 Å². The molecule has 116 valence electrons. The van der Waals surface area contributed by atoms with Gasteiger partial charge in [-0.05, 0) is 30.7 Å². The Bertz CT molecular complexity index is 784. The number of benzene rings is 2. The summed E-state index contributed by atoms with van der Waals surface area (Å²) in [6.07, 6.45) is 0. The summed E-state index contributed by atoms with van der Waals surface area (Å²) in [5.41, 5.74) is 1.90. The van der Waals surface area contributed by atoms with E-state index in [4.69, 9.17) is 0 Å². The molecule has 1 aliphatic rings. The monoisotopic (exact) mass is 308 g/mol. The van der Waals surface area contributed by atoms with Crippen LogP contribution in [0.2, 0.25) is 0 Å². The molecule has 23 heavy (non-hydrogen) atoms. The molecular weight excluding hydrogens is 292 g/mol. The smallest absolute Gasteiger partial charge is 0.261 e. The van der Waals surface area contributed by atoms with Gasteiger partial charge in [-0.1, -0.05) is 30.3 Å². The summed E-state index contributed by atoms with van der Waals surface area (Å²) in [4.78, 5) is 38.0. The van der Waals surface area contributed by atoms with E-state index in [0.717, 1.165) is 5.56 Å². The Morgan fingerprint density at radius 3 is 2.39 bits per heavy atom. The van der Waals surface area contributed by atoms with Gasteiger partial charge in [0.05, 0.1) is 17.7 Å². The molecular formula is C18H16N2O3. The summed E-state index contributed by atoms with van der Waals surface area (Å²) in [6, 6.07) is 13.9. The molecule has 0 bridgehead atoms. The molecule has 3 amide bonds. The maximum Gasteiger partial charge on any atom is 0.261 e. The molecule has 0 saturated carbocycles. The first-order valence-corrected chi connectivity index (χ1v) is 7.44. The minimum atomic E-state index is -0.361. The Hall–Kier alpha value is -2.95. The first kappa shape index (κ1) is 15.0. The van der Waals surface area contributed by atoms with Gasteiger partial charge >= 0.3 is 0 Å². The minimum Gasteiger partial charge on any atom is -0.352 e. The van der Waals surface area contributed by atoms with Crippen molar-refractivity contribution in [3.63, 3.8) is 0 Å². The van der Waals surface area contributed by atoms with Gasteiger partial charge in [-0.2, -0.15) is 0 Å². The fourth-order valence-corrected chi connectivity index (χ4v) is 2.60. The van der Waals surface area contributed by atoms with E-state index in [0.29, 0.717) is 17.7 Å². The molecule has 0 saturated heterocycles. The predicted octanol–water partition coefficient (Wildman–Crippen LogP) is 2.23. The number of hydrogen-bond donors (Lipinski definition) is 1. The zero-order chi connectivity index (χ0) is 16.4. The molecule has 0 atom stereocenters. The van der Waals surface area contributed by atoms with Crippen LogP contribution >= 0.6 is 0 Å². The molecule has 5 heteroatoms. The molecule has 2 aromatic rings. The largest absolute Gasteiger partial charge is 0.352 e. The van der Waals surface area contributed by atoms with Crippen LogP contribution in [-0.4, -0.2) is 29.2 Å². The molecule has 1 aliphatic heterocycles. The van der Waals surface area contributed by atoms with Crippen LogP contribution in [0.5, 0.6) is 0 Å². The van der Waals surface area contributed by atoms with Crippen molar-refractivity contribution in [3.8, 4) is 0 Å². The lowest BCUT2D eigenvalue weighted by atomic mass is 10.1. The summed E-state index contributed by atoms with van der Waals surface area (Å²) >= 11 is 0. The molecule has 2 aromatic carbocycles. The van der Waals surface area contributed by atoms with E-state index in [2.05, 4.69) is 5.32 Å². The second-order valence-electron chi connectivity index (χ2n) is 5.30. The van der Waals surface area contributed by atoms with Gasteiger partial charge in [0.1, 0.15) is 0 Å². The Kier molecular flexibility index (Phi) is 3.93. The van der Waals surface area contributed by atoms with E-state index in [9.17, 15) is 14.4 Å². The lowest BCUT2D eigenvalue weighted by Gasteiger charge is -2.13. The van der Waals surface area contributed by atoms with Crippen LogP contribution in [0, 0.1) is 0 Å². The van der Waals surface area contributed by atoms with Crippen molar-refractivity contribution in [2.24, 2.45) is 0 Å². The Balaban J connectivity index is 1.89. The molecule has 1 heterocycles. The van der Waals surface area contributed by atoms with Gasteiger partial charge in [-0.15, -0.1) is 0 Å². The molecule has 3 rings (SSSR count). The van der Waals surface area contributed by atoms with Crippen LogP contribution in [0.3, 0.4) is 0 Å². The maximum absolute atomic E-state index is 12.5. The van der Waals surface area contributed by atoms with Crippen LogP contribution < -0.4 is 5.32 Å². The van der Waals surface area contributed by atoms with Crippen molar-refractivity contribution in [1.29, 1.82) is 0 Å². The normalized spacial score (nSPS) is 13.2. The topological polar surface area (TPSA) is 66.5 Å². The Morgan fingerprint density at radius 1 is 1.00 bits per heavy atom. The second-order valence-corrected chi connectivity index (χ2v) is 5.30. The lowest BCUT2D eigenvalue weighted by molar-refractivity contribution is 0.0642. The van der Waals surface area contributed by atoms with Crippen LogP contribution in [0.25, 0.3) is 0 Å². The molecule has 0 fully saturated rings. The summed E-state index contributed by atoms with van der Waals surface area (Å²) in [6.45, 7) is 2.55. The van der Waals surface area contributed by atoms with Crippen LogP contribution in [0.1, 0.15) is 43.6 Å². The maximum atomic E-state index is 12.5. The highest BCUT2D eigenvalue weighted by molar-refractivity contribution is 6.22. The third-order valence-electron chi connectivity index (χ3n) is 3.75. The highest BCUT2D eigenvalue weighted by Gasteiger charge is 2.35. The van der Waals surface area contributed by atoms with Crippen molar-refractivity contribution < 1.29 is 14.4 Å². The average molecular weight is 308 g/mol. The average Bonchev–Trinajstić information content (AvgIpc) is 2.81. The predicted molar refractivity (Wildman–Crippen MR) is 85.1 cm³/mol. The quantitative estimate of drug-likeness (QED) is 0.881. The third kappa shape index (κ3) is 2.73. The number of nitrogens with one attached hydrogen (secondary N) is 1. The zero-order valence-corrected chi connectivity index (χ0v) is 12.7. The van der Waals surface area contributed by atoms with Crippen molar-refractivity contribution in [1.82, 2.24) is 10.2 Å². The lowest BCUT2D eigenvalue weighted by Crippen LogP contribution is -2.29. The summed E-state index contributed by atoms with van der Waals surface area (Å²) in [5, 5.41) is 2.68. The number of carbonyl (C=O) groups excluding carboxylic acids is 3. The van der Waals surface area contributed by atoms with Gasteiger partial charge in [-0.3, -0.25) is 19.3 Å². The van der Waals surface area contributed by atoms with E-state index >= 15 is 0 Å². The van der Waals surface area contributed by atoms with Crippen molar-refractivity contribution in [2.45, 2.75) is 13.5 Å². The first-order chi connectivity index (χ1) is 11.1. The minimum absolute atomic E-state index is 0.226. The fraction of sp³-hybridized carbons (Fsp3) is 0.167. The fourth-order valence-electron chi connectivity index (χ4n) is 2.60. The van der Waals surface area contributed by atoms with Gasteiger partial charge in [-0.25, -0.2) is 0 Å². The van der Waals surface area contributed by atoms with Gasteiger partial charge in [0.2, 0.25) is 0 Å². The van der Waals surface area contributed by atoms with Gasteiger partial charge in [0.15, 0.2) is 0 Å². The molecule has 0 radical (unpaired) electrons. The zero-order valence-electron chi connectivity index (χ0n) is 12.7. The van der Waals surface area contributed by atoms with Gasteiger partial charge < -0.3 is 5.32 Å². The van der Waals surface area contributed by atoms with Gasteiger partial charge in [0, 0.05) is 12.1 Å². The molecule has 0 aromatic heterocycles. The molecule has 0 aliphatic carbocycles. The highest BCUT2D eigenvalue weighted by atomic mass is 16.2. The third-order valence-corrected chi connectivity index (χ3v) is 3.75. The van der Waals surface area contributed by atoms with E-state index in [1.807, 2.05) is 37.3 Å². The van der Waals surface area contributed by atoms with Gasteiger partial charge in [0.25, 0.3) is 17.7 Å². The summed E-state index contributed by atoms with van der Waals surface area (Å²) in [7, 11) is 0. The van der Waals surface area contributed by atoms with Crippen LogP contribution in [-0.2, 0) is 6.54 Å². The highest BCUT2D eigenvalue weighted by Crippen LogP contribution is 2.25. The van der Waals surface area contributed by atoms with Crippen LogP contribution in [0.4, 0.5) is 0 Å². The summed E-state index contributed by atoms with van der Waals surface area (Å²) in [5.74, 6) is -0.937. The number of amides is 3. The molecule has 0 spiro atoms. The Labute approximate surface area is 133 Å². The number of rotatable bonds is 4. The first-order valence-electron chi connectivity index (χ1n) is 7.44. The number of imide groups is 1. The van der Waals surface area contributed by atoms with Crippen molar-refractivity contribution in [3.05, 3.63) is 70.8 Å². The van der Waals surface area contributed by atoms with Crippen LogP contribution in [0.15, 0.2) is 48.5 Å². The standard InChI is InChI=1S/C18H16N2O3/c1-2-19-16(21)13-8-9-14-15(10-13)18(23)20(17(14)22)11-12-6-4-3-5-7-12/h3-10H,2,11H2,1H3,(H,19,21). The molecule has 0 unspecified atom stereocenters. The summed E-state index contributed by atoms with van der Waals surface area (Å²) < 4.78 is 0. The second kappa shape index (κ2) is 6.04. The molecule has 5 nitrogen and oxygen atoms in total. The van der Waals surface area contributed by atoms with Crippen molar-refractivity contribution in [2.75, 3.05) is 6.54 Å². The van der Waals surface area contributed by atoms with E-state index in [1.54, 1.807) is 12.1 Å². The SMILES string of the molecule is CCNC(=O)c1ccc2c(c1)C(=O)N(Cc1ccccc1)C2=O.